The fourth-order valence-electron chi connectivity index (χ4n) is 2.88. The molecule has 0 heterocycles. The molecule has 0 aromatic heterocycles. The van der Waals surface area contributed by atoms with Crippen LogP contribution in [-0.4, -0.2) is 0 Å². The first-order chi connectivity index (χ1) is 14.2. The molecule has 0 saturated heterocycles. The lowest BCUT2D eigenvalue weighted by molar-refractivity contribution is -0.188. The lowest BCUT2D eigenvalue weighted by atomic mass is 10.1. The minimum Gasteiger partial charge on any atom is -0.429 e. The fourth-order valence-corrected chi connectivity index (χ4v) is 2.88. The highest BCUT2D eigenvalue weighted by Gasteiger charge is 2.36. The molecule has 158 valence electrons. The van der Waals surface area contributed by atoms with E-state index in [1.165, 1.54) is 42.5 Å². The second kappa shape index (κ2) is 8.78. The zero-order valence-electron chi connectivity index (χ0n) is 16.7. The Morgan fingerprint density at radius 1 is 0.600 bits per heavy atom. The molecule has 3 rings (SSSR count). The third kappa shape index (κ3) is 5.12. The summed E-state index contributed by atoms with van der Waals surface area (Å²) in [6.07, 6.45) is -5.80. The lowest BCUT2D eigenvalue weighted by Gasteiger charge is -2.21. The molecular weight excluding hydrogens is 396 g/mol. The Bertz CT molecular complexity index is 891. The van der Waals surface area contributed by atoms with Crippen LogP contribution in [0.5, 0.6) is 11.5 Å². The third-order valence-electron chi connectivity index (χ3n) is 4.69. The number of rotatable bonds is 8. The number of ether oxygens (including phenoxy) is 2. The summed E-state index contributed by atoms with van der Waals surface area (Å²) in [6, 6.07) is 16.4. The zero-order chi connectivity index (χ0) is 21.8. The monoisotopic (exact) mass is 418 g/mol. The maximum absolute atomic E-state index is 14.5. The van der Waals surface area contributed by atoms with Gasteiger partial charge in [0.15, 0.2) is 0 Å². The third-order valence-corrected chi connectivity index (χ3v) is 4.69. The summed E-state index contributed by atoms with van der Waals surface area (Å²) in [5, 5.41) is 0. The molecule has 0 radical (unpaired) electrons. The molecule has 0 N–H and O–H groups in total. The number of alkyl halides is 4. The van der Waals surface area contributed by atoms with E-state index in [1.54, 1.807) is 24.3 Å². The van der Waals surface area contributed by atoms with Crippen molar-refractivity contribution < 1.29 is 27.0 Å². The van der Waals surface area contributed by atoms with Crippen LogP contribution in [0.3, 0.4) is 0 Å². The van der Waals surface area contributed by atoms with Gasteiger partial charge in [-0.3, -0.25) is 0 Å². The molecule has 0 bridgehead atoms. The van der Waals surface area contributed by atoms with Crippen molar-refractivity contribution >= 4 is 0 Å². The van der Waals surface area contributed by atoms with Gasteiger partial charge in [-0.1, -0.05) is 44.2 Å². The second-order valence-electron chi connectivity index (χ2n) is 6.81. The van der Waals surface area contributed by atoms with Crippen LogP contribution in [0.2, 0.25) is 0 Å². The predicted molar refractivity (Wildman–Crippen MR) is 107 cm³/mol. The summed E-state index contributed by atoms with van der Waals surface area (Å²) in [5.41, 5.74) is 1.18. The summed E-state index contributed by atoms with van der Waals surface area (Å²) in [4.78, 5) is 0. The van der Waals surface area contributed by atoms with Crippen LogP contribution >= 0.6 is 0 Å². The van der Waals surface area contributed by atoms with E-state index in [-0.39, 0.29) is 22.6 Å². The van der Waals surface area contributed by atoms with Crippen molar-refractivity contribution in [1.29, 1.82) is 0 Å². The van der Waals surface area contributed by atoms with Crippen LogP contribution in [-0.2, 0) is 25.1 Å². The molecule has 0 atom stereocenters. The molecule has 30 heavy (non-hydrogen) atoms. The molecule has 3 aromatic rings. The minimum atomic E-state index is -3.62. The van der Waals surface area contributed by atoms with Gasteiger partial charge in [-0.15, -0.1) is 0 Å². The molecule has 0 aliphatic carbocycles. The fraction of sp³-hybridized carbons (Fsp3) is 0.250. The lowest BCUT2D eigenvalue weighted by Crippen LogP contribution is -2.23. The van der Waals surface area contributed by atoms with Crippen molar-refractivity contribution in [2.75, 3.05) is 0 Å². The van der Waals surface area contributed by atoms with Gasteiger partial charge in [0.25, 0.3) is 0 Å². The molecule has 0 aliphatic heterocycles. The molecule has 6 heteroatoms. The van der Waals surface area contributed by atoms with E-state index in [1.807, 2.05) is 13.8 Å². The van der Waals surface area contributed by atoms with Crippen LogP contribution in [0.25, 0.3) is 0 Å². The maximum atomic E-state index is 14.5. The van der Waals surface area contributed by atoms with Crippen LogP contribution in [0, 0.1) is 0 Å². The number of hydrogen-bond donors (Lipinski definition) is 0. The molecule has 0 unspecified atom stereocenters. The topological polar surface area (TPSA) is 18.5 Å². The van der Waals surface area contributed by atoms with E-state index in [4.69, 9.17) is 9.47 Å². The van der Waals surface area contributed by atoms with E-state index in [0.717, 1.165) is 30.0 Å². The Hall–Kier alpha value is -3.02. The predicted octanol–water partition coefficient (Wildman–Crippen LogP) is 7.07. The van der Waals surface area contributed by atoms with Gasteiger partial charge >= 0.3 is 12.2 Å². The maximum Gasteiger partial charge on any atom is 0.426 e. The van der Waals surface area contributed by atoms with Gasteiger partial charge in [0.2, 0.25) is 0 Å². The largest absolute Gasteiger partial charge is 0.429 e. The Balaban J connectivity index is 1.76. The highest BCUT2D eigenvalue weighted by molar-refractivity contribution is 5.35. The molecule has 2 nitrogen and oxygen atoms in total. The average molecular weight is 418 g/mol. The van der Waals surface area contributed by atoms with Crippen LogP contribution in [0.15, 0.2) is 72.8 Å². The van der Waals surface area contributed by atoms with Gasteiger partial charge in [0.1, 0.15) is 11.5 Å². The first-order valence-electron chi connectivity index (χ1n) is 9.66. The number of halogens is 4. The van der Waals surface area contributed by atoms with Crippen molar-refractivity contribution in [3.63, 3.8) is 0 Å². The van der Waals surface area contributed by atoms with E-state index < -0.39 is 12.2 Å². The molecule has 0 aliphatic rings. The van der Waals surface area contributed by atoms with E-state index in [9.17, 15) is 17.6 Å². The zero-order valence-corrected chi connectivity index (χ0v) is 16.7. The standard InChI is InChI=1S/C24H22F4O2/c1-3-17-8-12-19(13-9-17)23(25,26)29-21-6-5-7-22(16-21)30-24(27,28)20-14-10-18(4-2)11-15-20/h5-16H,3-4H2,1-2H3. The first-order valence-corrected chi connectivity index (χ1v) is 9.66. The highest BCUT2D eigenvalue weighted by atomic mass is 19.3. The normalized spacial score (nSPS) is 11.9. The first kappa shape index (κ1) is 21.7. The average Bonchev–Trinajstić information content (AvgIpc) is 2.73. The summed E-state index contributed by atoms with van der Waals surface area (Å²) in [7, 11) is 0. The number of hydrogen-bond acceptors (Lipinski definition) is 2. The highest BCUT2D eigenvalue weighted by Crippen LogP contribution is 2.36. The molecule has 3 aromatic carbocycles. The quantitative estimate of drug-likeness (QED) is 0.364. The second-order valence-corrected chi connectivity index (χ2v) is 6.81. The van der Waals surface area contributed by atoms with Gasteiger partial charge in [-0.05, 0) is 60.4 Å². The summed E-state index contributed by atoms with van der Waals surface area (Å²) >= 11 is 0. The number of aryl methyl sites for hydroxylation is 2. The van der Waals surface area contributed by atoms with E-state index in [2.05, 4.69) is 0 Å². The smallest absolute Gasteiger partial charge is 0.426 e. The van der Waals surface area contributed by atoms with Crippen LogP contribution in [0.4, 0.5) is 17.6 Å². The molecule has 0 amide bonds. The van der Waals surface area contributed by atoms with E-state index >= 15 is 0 Å². The van der Waals surface area contributed by atoms with Crippen LogP contribution < -0.4 is 9.47 Å². The summed E-state index contributed by atoms with van der Waals surface area (Å²) in [5.74, 6) is -0.566. The van der Waals surface area contributed by atoms with Gasteiger partial charge in [0, 0.05) is 6.07 Å². The van der Waals surface area contributed by atoms with Crippen molar-refractivity contribution in [2.24, 2.45) is 0 Å². The van der Waals surface area contributed by atoms with Crippen molar-refractivity contribution in [3.05, 3.63) is 95.1 Å². The van der Waals surface area contributed by atoms with Gasteiger partial charge in [0.05, 0.1) is 11.1 Å². The Kier molecular flexibility index (Phi) is 6.34. The molecule has 0 spiro atoms. The Morgan fingerprint density at radius 2 is 0.967 bits per heavy atom. The SMILES string of the molecule is CCc1ccc(C(F)(F)Oc2cccc(OC(F)(F)c3ccc(CC)cc3)c2)cc1. The summed E-state index contributed by atoms with van der Waals surface area (Å²) in [6.45, 7) is 3.84. The number of benzene rings is 3. The van der Waals surface area contributed by atoms with Crippen molar-refractivity contribution in [3.8, 4) is 11.5 Å². The van der Waals surface area contributed by atoms with Gasteiger partial charge in [-0.2, -0.15) is 17.6 Å². The van der Waals surface area contributed by atoms with Crippen molar-refractivity contribution in [1.82, 2.24) is 0 Å². The van der Waals surface area contributed by atoms with Gasteiger partial charge < -0.3 is 9.47 Å². The molecular formula is C24H22F4O2. The van der Waals surface area contributed by atoms with Crippen LogP contribution in [0.1, 0.15) is 36.1 Å². The Labute approximate surface area is 173 Å². The van der Waals surface area contributed by atoms with Crippen molar-refractivity contribution in [2.45, 2.75) is 38.9 Å². The minimum absolute atomic E-state index is 0.283. The molecule has 0 saturated carbocycles. The van der Waals surface area contributed by atoms with E-state index in [0.29, 0.717) is 0 Å². The molecule has 0 fully saturated rings. The summed E-state index contributed by atoms with van der Waals surface area (Å²) < 4.78 is 67.5. The Morgan fingerprint density at radius 3 is 1.30 bits per heavy atom. The van der Waals surface area contributed by atoms with Gasteiger partial charge in [-0.25, -0.2) is 0 Å².